The lowest BCUT2D eigenvalue weighted by molar-refractivity contribution is -0.149. The summed E-state index contributed by atoms with van der Waals surface area (Å²) in [4.78, 5) is 1.49. The summed E-state index contributed by atoms with van der Waals surface area (Å²) in [6.45, 7) is 3.35. The summed E-state index contributed by atoms with van der Waals surface area (Å²) >= 11 is 4.09. The molecule has 0 spiro atoms. The van der Waals surface area contributed by atoms with Gasteiger partial charge in [-0.1, -0.05) is 12.8 Å². The van der Waals surface area contributed by atoms with Crippen molar-refractivity contribution in [3.05, 3.63) is 0 Å². The van der Waals surface area contributed by atoms with Crippen LogP contribution in [0.15, 0.2) is 0 Å². The molecule has 0 amide bonds. The second-order valence-corrected chi connectivity index (χ2v) is 4.76. The zero-order valence-electron chi connectivity index (χ0n) is 10.1. The second-order valence-electron chi connectivity index (χ2n) is 4.32. The molecule has 0 aliphatic rings. The Morgan fingerprint density at radius 3 is 2.06 bits per heavy atom. The van der Waals surface area contributed by atoms with Crippen molar-refractivity contribution in [3.8, 4) is 0 Å². The van der Waals surface area contributed by atoms with Crippen LogP contribution in [0.1, 0.15) is 39.5 Å². The molecule has 1 nitrogen and oxygen atoms in total. The number of alkyl halides is 3. The van der Waals surface area contributed by atoms with Gasteiger partial charge in [-0.3, -0.25) is 4.90 Å². The molecule has 0 saturated heterocycles. The highest BCUT2D eigenvalue weighted by atomic mass is 32.1. The van der Waals surface area contributed by atoms with Crippen LogP contribution in [0.3, 0.4) is 0 Å². The van der Waals surface area contributed by atoms with E-state index in [1.165, 1.54) is 4.90 Å². The Hall–Kier alpha value is 0.100. The molecule has 0 unspecified atom stereocenters. The van der Waals surface area contributed by atoms with Gasteiger partial charge in [-0.05, 0) is 39.0 Å². The first kappa shape index (κ1) is 16.1. The Balaban J connectivity index is 3.78. The standard InChI is InChI=1S/C11H22F3NS/c1-10(2)15(9-11(12,13)14)7-5-3-4-6-8-16/h10,16H,3-9H2,1-2H3. The normalized spacial score (nSPS) is 12.8. The largest absolute Gasteiger partial charge is 0.401 e. The predicted molar refractivity (Wildman–Crippen MR) is 65.1 cm³/mol. The van der Waals surface area contributed by atoms with E-state index in [0.29, 0.717) is 6.54 Å². The molecule has 0 bridgehead atoms. The van der Waals surface area contributed by atoms with Crippen molar-refractivity contribution in [3.63, 3.8) is 0 Å². The summed E-state index contributed by atoms with van der Waals surface area (Å²) in [6.07, 6.45) is -0.162. The topological polar surface area (TPSA) is 3.24 Å². The molecule has 0 atom stereocenters. The zero-order chi connectivity index (χ0) is 12.6. The van der Waals surface area contributed by atoms with Gasteiger partial charge in [-0.2, -0.15) is 25.8 Å². The van der Waals surface area contributed by atoms with E-state index in [1.807, 2.05) is 0 Å². The molecule has 0 aliphatic carbocycles. The van der Waals surface area contributed by atoms with Gasteiger partial charge in [0.05, 0.1) is 6.54 Å². The molecule has 0 fully saturated rings. The molecule has 0 rings (SSSR count). The highest BCUT2D eigenvalue weighted by Gasteiger charge is 2.31. The first-order valence-corrected chi connectivity index (χ1v) is 6.41. The molecule has 0 radical (unpaired) electrons. The van der Waals surface area contributed by atoms with Gasteiger partial charge in [0.2, 0.25) is 0 Å². The van der Waals surface area contributed by atoms with Crippen LogP contribution in [-0.2, 0) is 0 Å². The quantitative estimate of drug-likeness (QED) is 0.512. The third-order valence-corrected chi connectivity index (χ3v) is 2.78. The Kier molecular flexibility index (Phi) is 8.28. The van der Waals surface area contributed by atoms with Crippen LogP contribution in [0, 0.1) is 0 Å². The van der Waals surface area contributed by atoms with Crippen molar-refractivity contribution < 1.29 is 13.2 Å². The van der Waals surface area contributed by atoms with Gasteiger partial charge in [0, 0.05) is 6.04 Å². The van der Waals surface area contributed by atoms with E-state index in [2.05, 4.69) is 12.6 Å². The fourth-order valence-electron chi connectivity index (χ4n) is 1.53. The minimum Gasteiger partial charge on any atom is -0.293 e. The molecule has 0 aromatic heterocycles. The van der Waals surface area contributed by atoms with Crippen molar-refractivity contribution in [1.29, 1.82) is 0 Å². The summed E-state index contributed by atoms with van der Waals surface area (Å²) in [7, 11) is 0. The maximum Gasteiger partial charge on any atom is 0.401 e. The van der Waals surface area contributed by atoms with Gasteiger partial charge < -0.3 is 0 Å². The number of hydrogen-bond donors (Lipinski definition) is 1. The van der Waals surface area contributed by atoms with Gasteiger partial charge in [-0.15, -0.1) is 0 Å². The number of unbranched alkanes of at least 4 members (excludes halogenated alkanes) is 3. The van der Waals surface area contributed by atoms with Gasteiger partial charge in [-0.25, -0.2) is 0 Å². The fourth-order valence-corrected chi connectivity index (χ4v) is 1.75. The summed E-state index contributed by atoms with van der Waals surface area (Å²) in [5.41, 5.74) is 0. The first-order valence-electron chi connectivity index (χ1n) is 5.78. The van der Waals surface area contributed by atoms with Crippen LogP contribution >= 0.6 is 12.6 Å². The smallest absolute Gasteiger partial charge is 0.293 e. The minimum atomic E-state index is -4.09. The lowest BCUT2D eigenvalue weighted by Gasteiger charge is -2.27. The highest BCUT2D eigenvalue weighted by Crippen LogP contribution is 2.18. The van der Waals surface area contributed by atoms with Crippen molar-refractivity contribution in [2.45, 2.75) is 51.7 Å². The number of halogens is 3. The van der Waals surface area contributed by atoms with Crippen LogP contribution in [0.4, 0.5) is 13.2 Å². The van der Waals surface area contributed by atoms with E-state index < -0.39 is 12.7 Å². The van der Waals surface area contributed by atoms with Crippen LogP contribution in [0.5, 0.6) is 0 Å². The molecule has 0 aromatic rings. The molecular formula is C11H22F3NS. The lowest BCUT2D eigenvalue weighted by Crippen LogP contribution is -2.39. The monoisotopic (exact) mass is 257 g/mol. The Bertz CT molecular complexity index is 171. The van der Waals surface area contributed by atoms with Gasteiger partial charge in [0.1, 0.15) is 0 Å². The molecule has 0 saturated carbocycles. The molecule has 0 heterocycles. The third kappa shape index (κ3) is 9.33. The van der Waals surface area contributed by atoms with E-state index in [4.69, 9.17) is 0 Å². The summed E-state index contributed by atoms with van der Waals surface area (Å²) in [5, 5.41) is 0. The molecule has 0 aromatic carbocycles. The maximum atomic E-state index is 12.2. The SMILES string of the molecule is CC(C)N(CCCCCCS)CC(F)(F)F. The molecule has 98 valence electrons. The second kappa shape index (κ2) is 8.23. The molecular weight excluding hydrogens is 235 g/mol. The van der Waals surface area contributed by atoms with Crippen LogP contribution in [0.25, 0.3) is 0 Å². The number of rotatable bonds is 8. The Labute approximate surface area is 102 Å². The van der Waals surface area contributed by atoms with E-state index >= 15 is 0 Å². The van der Waals surface area contributed by atoms with E-state index in [9.17, 15) is 13.2 Å². The summed E-state index contributed by atoms with van der Waals surface area (Å²) in [6, 6.07) is -0.0495. The summed E-state index contributed by atoms with van der Waals surface area (Å²) in [5.74, 6) is 0.858. The minimum absolute atomic E-state index is 0.0495. The van der Waals surface area contributed by atoms with Crippen molar-refractivity contribution in [1.82, 2.24) is 4.90 Å². The summed E-state index contributed by atoms with van der Waals surface area (Å²) < 4.78 is 36.7. The molecule has 16 heavy (non-hydrogen) atoms. The highest BCUT2D eigenvalue weighted by molar-refractivity contribution is 7.80. The van der Waals surface area contributed by atoms with Crippen molar-refractivity contribution in [2.24, 2.45) is 0 Å². The van der Waals surface area contributed by atoms with Gasteiger partial charge in [0.25, 0.3) is 0 Å². The van der Waals surface area contributed by atoms with Crippen LogP contribution in [-0.4, -0.2) is 36.0 Å². The molecule has 0 aliphatic heterocycles. The van der Waals surface area contributed by atoms with Crippen molar-refractivity contribution in [2.75, 3.05) is 18.8 Å². The molecule has 5 heteroatoms. The fraction of sp³-hybridized carbons (Fsp3) is 1.00. The average Bonchev–Trinajstić information content (AvgIpc) is 2.13. The van der Waals surface area contributed by atoms with Gasteiger partial charge >= 0.3 is 6.18 Å². The predicted octanol–water partition coefficient (Wildman–Crippen LogP) is 3.75. The molecule has 0 N–H and O–H groups in total. The van der Waals surface area contributed by atoms with Gasteiger partial charge in [0.15, 0.2) is 0 Å². The van der Waals surface area contributed by atoms with E-state index in [0.717, 1.165) is 31.4 Å². The first-order chi connectivity index (χ1) is 7.37. The lowest BCUT2D eigenvalue weighted by atomic mass is 10.2. The number of hydrogen-bond acceptors (Lipinski definition) is 2. The average molecular weight is 257 g/mol. The third-order valence-electron chi connectivity index (χ3n) is 2.47. The van der Waals surface area contributed by atoms with Crippen LogP contribution < -0.4 is 0 Å². The maximum absolute atomic E-state index is 12.2. The Morgan fingerprint density at radius 2 is 1.62 bits per heavy atom. The Morgan fingerprint density at radius 1 is 1.06 bits per heavy atom. The van der Waals surface area contributed by atoms with E-state index in [-0.39, 0.29) is 6.04 Å². The zero-order valence-corrected chi connectivity index (χ0v) is 10.9. The van der Waals surface area contributed by atoms with Crippen molar-refractivity contribution >= 4 is 12.6 Å². The van der Waals surface area contributed by atoms with Crippen LogP contribution in [0.2, 0.25) is 0 Å². The number of thiol groups is 1. The number of nitrogens with zero attached hydrogens (tertiary/aromatic N) is 1. The van der Waals surface area contributed by atoms with E-state index in [1.54, 1.807) is 13.8 Å².